The molecule has 2 aromatic heterocycles. The van der Waals surface area contributed by atoms with Crippen molar-refractivity contribution < 1.29 is 18.7 Å². The number of rotatable bonds is 5. The largest absolute Gasteiger partial charge is 0.484 e. The minimum absolute atomic E-state index is 0.0875. The molecule has 188 valence electrons. The molecule has 4 heterocycles. The van der Waals surface area contributed by atoms with Crippen LogP contribution in [0.1, 0.15) is 37.0 Å². The van der Waals surface area contributed by atoms with Gasteiger partial charge in [0.2, 0.25) is 5.72 Å². The number of ether oxygens (including phenoxy) is 2. The van der Waals surface area contributed by atoms with Crippen LogP contribution < -0.4 is 24.4 Å². The summed E-state index contributed by atoms with van der Waals surface area (Å²) in [7, 11) is 0. The van der Waals surface area contributed by atoms with Gasteiger partial charge in [-0.3, -0.25) is 14.2 Å². The summed E-state index contributed by atoms with van der Waals surface area (Å²) in [6.45, 7) is 3.45. The number of halogens is 2. The monoisotopic (exact) mass is 554 g/mol. The Kier molecular flexibility index (Phi) is 5.78. The van der Waals surface area contributed by atoms with Crippen molar-refractivity contribution in [2.45, 2.75) is 32.2 Å². The number of Topliss-reactive ketones (excluding diaryl/α,β-unsaturated/α-hetero) is 1. The highest BCUT2D eigenvalue weighted by Crippen LogP contribution is 2.47. The first-order valence-corrected chi connectivity index (χ1v) is 13.1. The summed E-state index contributed by atoms with van der Waals surface area (Å²) in [5.41, 5.74) is -0.547. The molecule has 0 fully saturated rings. The molecule has 0 saturated heterocycles. The number of benzene rings is 2. The number of fused-ring (bicyclic) bond motifs is 6. The van der Waals surface area contributed by atoms with Crippen LogP contribution in [0.2, 0.25) is 10.0 Å². The number of hydrogen-bond donors (Lipinski definition) is 0. The fourth-order valence-corrected chi connectivity index (χ4v) is 6.41. The molecular formula is C27H20Cl2N2O5S. The van der Waals surface area contributed by atoms with Crippen LogP contribution in [0, 0.1) is 5.92 Å². The zero-order valence-corrected chi connectivity index (χ0v) is 22.1. The predicted octanol–water partition coefficient (Wildman–Crippen LogP) is 4.75. The van der Waals surface area contributed by atoms with Crippen LogP contribution in [-0.2, 0) is 11.4 Å². The highest BCUT2D eigenvalue weighted by atomic mass is 35.5. The van der Waals surface area contributed by atoms with Crippen LogP contribution in [0.4, 0.5) is 0 Å². The Labute approximate surface area is 225 Å². The lowest BCUT2D eigenvalue weighted by molar-refractivity contribution is -0.132. The van der Waals surface area contributed by atoms with E-state index in [1.807, 2.05) is 24.3 Å². The Morgan fingerprint density at radius 1 is 1.19 bits per heavy atom. The van der Waals surface area contributed by atoms with Gasteiger partial charge in [-0.1, -0.05) is 58.8 Å². The van der Waals surface area contributed by atoms with Crippen LogP contribution in [0.15, 0.2) is 68.8 Å². The topological polar surface area (TPSA) is 83.0 Å². The summed E-state index contributed by atoms with van der Waals surface area (Å²) in [5, 5.41) is 0.732. The lowest BCUT2D eigenvalue weighted by Crippen LogP contribution is -2.58. The van der Waals surface area contributed by atoms with Gasteiger partial charge in [-0.25, -0.2) is 4.99 Å². The van der Waals surface area contributed by atoms with E-state index in [-0.39, 0.29) is 17.9 Å². The Hall–Kier alpha value is -3.33. The zero-order valence-electron chi connectivity index (χ0n) is 19.7. The Morgan fingerprint density at radius 3 is 2.81 bits per heavy atom. The van der Waals surface area contributed by atoms with Gasteiger partial charge < -0.3 is 13.9 Å². The standard InChI is InChI=1S/C27H20Cl2N2O5S/c1-14(32)22-24-17-6-3-4-8-19(17)36-27(22,2)30-26-31(24)25(33)21(37-26)12-15-10-11-16(35-15)13-34-20-9-5-7-18(28)23(20)29/h3-12,22,24H,13H2,1-2H3/b21-12+/t22-,24-,27-/m1/s1. The molecule has 0 unspecified atom stereocenters. The van der Waals surface area contributed by atoms with Crippen LogP contribution in [0.5, 0.6) is 11.5 Å². The van der Waals surface area contributed by atoms with E-state index in [4.69, 9.17) is 42.1 Å². The number of thiazole rings is 1. The second-order valence-corrected chi connectivity index (χ2v) is 10.8. The Bertz CT molecular complexity index is 1740. The van der Waals surface area contributed by atoms with Crippen molar-refractivity contribution in [3.8, 4) is 11.5 Å². The first kappa shape index (κ1) is 24.0. The van der Waals surface area contributed by atoms with Gasteiger partial charge >= 0.3 is 0 Å². The summed E-state index contributed by atoms with van der Waals surface area (Å²) < 4.78 is 19.9. The quantitative estimate of drug-likeness (QED) is 0.355. The number of nitrogens with zero attached hydrogens (tertiary/aromatic N) is 2. The maximum absolute atomic E-state index is 13.6. The molecule has 10 heteroatoms. The molecule has 0 spiro atoms. The minimum atomic E-state index is -1.10. The predicted molar refractivity (Wildman–Crippen MR) is 140 cm³/mol. The SMILES string of the molecule is CC(=O)[C@@H]1[C@H]2c3ccccc3O[C@@]1(C)N=c1s/c(=C/c3ccc(COc4cccc(Cl)c4Cl)o3)c(=O)n12. The minimum Gasteiger partial charge on any atom is -0.484 e. The molecule has 0 amide bonds. The highest BCUT2D eigenvalue weighted by Gasteiger charge is 2.53. The first-order valence-electron chi connectivity index (χ1n) is 11.5. The highest BCUT2D eigenvalue weighted by molar-refractivity contribution is 7.07. The van der Waals surface area contributed by atoms with Crippen molar-refractivity contribution in [2.24, 2.45) is 10.9 Å². The molecule has 6 rings (SSSR count). The van der Waals surface area contributed by atoms with Gasteiger partial charge in [0.1, 0.15) is 46.4 Å². The molecule has 3 atom stereocenters. The summed E-state index contributed by atoms with van der Waals surface area (Å²) in [5.74, 6) is 1.40. The van der Waals surface area contributed by atoms with Crippen molar-refractivity contribution in [3.05, 3.63) is 101 Å². The Morgan fingerprint density at radius 2 is 2.00 bits per heavy atom. The molecule has 2 bridgehead atoms. The van der Waals surface area contributed by atoms with Crippen molar-refractivity contribution in [1.29, 1.82) is 0 Å². The number of ketones is 1. The Balaban J connectivity index is 1.37. The van der Waals surface area contributed by atoms with E-state index >= 15 is 0 Å². The molecule has 37 heavy (non-hydrogen) atoms. The summed E-state index contributed by atoms with van der Waals surface area (Å²) in [6, 6.07) is 15.6. The number of para-hydroxylation sites is 1. The fraction of sp³-hybridized carbons (Fsp3) is 0.222. The van der Waals surface area contributed by atoms with E-state index in [9.17, 15) is 9.59 Å². The lowest BCUT2D eigenvalue weighted by atomic mass is 9.79. The smallest absolute Gasteiger partial charge is 0.271 e. The molecule has 7 nitrogen and oxygen atoms in total. The van der Waals surface area contributed by atoms with Crippen LogP contribution >= 0.6 is 34.5 Å². The fourth-order valence-electron chi connectivity index (χ4n) is 4.98. The summed E-state index contributed by atoms with van der Waals surface area (Å²) >= 11 is 13.5. The van der Waals surface area contributed by atoms with Crippen molar-refractivity contribution in [3.63, 3.8) is 0 Å². The van der Waals surface area contributed by atoms with Crippen LogP contribution in [-0.4, -0.2) is 16.1 Å². The van der Waals surface area contributed by atoms with Crippen LogP contribution in [0.3, 0.4) is 0 Å². The maximum atomic E-state index is 13.6. The molecule has 0 saturated carbocycles. The number of hydrogen-bond acceptors (Lipinski definition) is 7. The third-order valence-electron chi connectivity index (χ3n) is 6.56. The molecule has 4 aromatic rings. The van der Waals surface area contributed by atoms with Crippen molar-refractivity contribution in [1.82, 2.24) is 4.57 Å². The van der Waals surface area contributed by atoms with E-state index in [2.05, 4.69) is 0 Å². The second kappa shape index (κ2) is 8.90. The number of furan rings is 1. The van der Waals surface area contributed by atoms with E-state index in [0.29, 0.717) is 42.4 Å². The van der Waals surface area contributed by atoms with Gasteiger partial charge in [-0.05, 0) is 44.2 Å². The van der Waals surface area contributed by atoms with Gasteiger partial charge in [0.15, 0.2) is 4.80 Å². The first-order chi connectivity index (χ1) is 17.7. The third-order valence-corrected chi connectivity index (χ3v) is 8.34. The molecule has 2 aliphatic rings. The van der Waals surface area contributed by atoms with Gasteiger partial charge in [0, 0.05) is 11.6 Å². The van der Waals surface area contributed by atoms with E-state index in [1.165, 1.54) is 18.3 Å². The number of aromatic nitrogens is 1. The molecule has 0 N–H and O–H groups in total. The van der Waals surface area contributed by atoms with Gasteiger partial charge in [-0.15, -0.1) is 0 Å². The molecular weight excluding hydrogens is 535 g/mol. The third kappa shape index (κ3) is 4.00. The van der Waals surface area contributed by atoms with Crippen molar-refractivity contribution >= 4 is 46.4 Å². The van der Waals surface area contributed by atoms with Crippen molar-refractivity contribution in [2.75, 3.05) is 0 Å². The molecule has 0 aliphatic carbocycles. The van der Waals surface area contributed by atoms with E-state index in [0.717, 1.165) is 5.56 Å². The summed E-state index contributed by atoms with van der Waals surface area (Å²) in [4.78, 5) is 31.6. The maximum Gasteiger partial charge on any atom is 0.271 e. The molecule has 2 aliphatic heterocycles. The van der Waals surface area contributed by atoms with E-state index < -0.39 is 17.7 Å². The number of carbonyl (C=O) groups excluding carboxylic acids is 1. The van der Waals surface area contributed by atoms with Gasteiger partial charge in [-0.2, -0.15) is 0 Å². The lowest BCUT2D eigenvalue weighted by Gasteiger charge is -2.45. The second-order valence-electron chi connectivity index (χ2n) is 9.05. The summed E-state index contributed by atoms with van der Waals surface area (Å²) in [6.07, 6.45) is 1.67. The average molecular weight is 555 g/mol. The normalized spacial score (nSPS) is 22.0. The van der Waals surface area contributed by atoms with Gasteiger partial charge in [0.25, 0.3) is 5.56 Å². The zero-order chi connectivity index (χ0) is 25.9. The molecule has 2 aromatic carbocycles. The van der Waals surface area contributed by atoms with E-state index in [1.54, 1.807) is 47.9 Å². The molecule has 0 radical (unpaired) electrons. The van der Waals surface area contributed by atoms with Gasteiger partial charge in [0.05, 0.1) is 15.6 Å². The van der Waals surface area contributed by atoms with Crippen LogP contribution in [0.25, 0.3) is 6.08 Å². The number of carbonyl (C=O) groups is 1. The average Bonchev–Trinajstić information content (AvgIpc) is 3.42.